The fourth-order valence-electron chi connectivity index (χ4n) is 1.60. The zero-order valence-electron chi connectivity index (χ0n) is 12.3. The molecule has 1 amide bonds. The van der Waals surface area contributed by atoms with Gasteiger partial charge in [0, 0.05) is 17.6 Å². The van der Waals surface area contributed by atoms with Crippen molar-refractivity contribution in [3.05, 3.63) is 47.7 Å². The summed E-state index contributed by atoms with van der Waals surface area (Å²) in [5.41, 5.74) is 4.21. The molecule has 2 aromatic heterocycles. The van der Waals surface area contributed by atoms with Gasteiger partial charge in [0.1, 0.15) is 5.76 Å². The molecule has 0 aromatic carbocycles. The van der Waals surface area contributed by atoms with E-state index < -0.39 is 0 Å². The lowest BCUT2D eigenvalue weighted by Gasteiger charge is -2.02. The highest BCUT2D eigenvalue weighted by Gasteiger charge is 2.04. The number of rotatable bonds is 6. The van der Waals surface area contributed by atoms with E-state index >= 15 is 0 Å². The minimum atomic E-state index is -0.213. The summed E-state index contributed by atoms with van der Waals surface area (Å²) in [7, 11) is 0. The second-order valence-corrected chi connectivity index (χ2v) is 5.35. The Morgan fingerprint density at radius 3 is 2.86 bits per heavy atom. The van der Waals surface area contributed by atoms with Crippen molar-refractivity contribution in [3.63, 3.8) is 0 Å². The number of nitrogens with zero attached hydrogens (tertiary/aromatic N) is 3. The number of hydrogen-bond donors (Lipinski definition) is 1. The Bertz CT molecular complexity index is 661. The van der Waals surface area contributed by atoms with Gasteiger partial charge in [0.2, 0.25) is 0 Å². The van der Waals surface area contributed by atoms with Crippen LogP contribution in [0.2, 0.25) is 0 Å². The molecule has 0 unspecified atom stereocenters. The van der Waals surface area contributed by atoms with Gasteiger partial charge in [-0.2, -0.15) is 5.10 Å². The molecule has 0 aliphatic rings. The van der Waals surface area contributed by atoms with Crippen LogP contribution in [0.15, 0.2) is 45.2 Å². The van der Waals surface area contributed by atoms with Gasteiger partial charge in [-0.25, -0.2) is 15.4 Å². The predicted molar refractivity (Wildman–Crippen MR) is 86.6 cm³/mol. The molecule has 7 heteroatoms. The number of hydrazone groups is 1. The molecule has 6 nitrogen and oxygen atoms in total. The van der Waals surface area contributed by atoms with Crippen molar-refractivity contribution < 1.29 is 9.21 Å². The molecule has 22 heavy (non-hydrogen) atoms. The molecule has 1 N–H and O–H groups in total. The zero-order valence-corrected chi connectivity index (χ0v) is 13.1. The van der Waals surface area contributed by atoms with Crippen LogP contribution < -0.4 is 5.43 Å². The van der Waals surface area contributed by atoms with Crippen molar-refractivity contribution in [2.45, 2.75) is 19.0 Å². The Morgan fingerprint density at radius 1 is 1.41 bits per heavy atom. The van der Waals surface area contributed by atoms with Crippen molar-refractivity contribution in [1.29, 1.82) is 0 Å². The molecule has 0 atom stereocenters. The largest absolute Gasteiger partial charge is 0.465 e. The van der Waals surface area contributed by atoms with Gasteiger partial charge in [0.05, 0.1) is 12.0 Å². The van der Waals surface area contributed by atoms with E-state index in [2.05, 4.69) is 20.5 Å². The molecule has 0 saturated heterocycles. The summed E-state index contributed by atoms with van der Waals surface area (Å²) in [6.07, 6.45) is 6.50. The molecule has 0 aliphatic heterocycles. The van der Waals surface area contributed by atoms with Crippen LogP contribution in [0.1, 0.15) is 17.1 Å². The second-order valence-electron chi connectivity index (χ2n) is 4.41. The van der Waals surface area contributed by atoms with Crippen LogP contribution in [0.4, 0.5) is 0 Å². The fourth-order valence-corrected chi connectivity index (χ4v) is 2.34. The third-order valence-electron chi connectivity index (χ3n) is 2.45. The number of allylic oxidation sites excluding steroid dienone is 1. The molecule has 114 valence electrons. The summed E-state index contributed by atoms with van der Waals surface area (Å²) in [6.45, 7) is 3.79. The Morgan fingerprint density at radius 2 is 2.18 bits per heavy atom. The fraction of sp³-hybridized carbons (Fsp3) is 0.200. The van der Waals surface area contributed by atoms with E-state index in [-0.39, 0.29) is 11.7 Å². The van der Waals surface area contributed by atoms with Gasteiger partial charge in [0.15, 0.2) is 5.16 Å². The van der Waals surface area contributed by atoms with E-state index in [1.165, 1.54) is 18.0 Å². The summed E-state index contributed by atoms with van der Waals surface area (Å²) in [5.74, 6) is 0.720. The number of carbonyl (C=O) groups is 1. The number of hydrogen-bond acceptors (Lipinski definition) is 6. The molecule has 0 saturated carbocycles. The smallest absolute Gasteiger partial charge is 0.250 e. The number of amides is 1. The van der Waals surface area contributed by atoms with Crippen molar-refractivity contribution in [3.8, 4) is 0 Å². The zero-order chi connectivity index (χ0) is 15.8. The summed E-state index contributed by atoms with van der Waals surface area (Å²) in [5, 5.41) is 4.40. The molecule has 2 rings (SSSR count). The van der Waals surface area contributed by atoms with Crippen LogP contribution in [0.25, 0.3) is 6.08 Å². The van der Waals surface area contributed by atoms with Crippen LogP contribution in [0.3, 0.4) is 0 Å². The van der Waals surface area contributed by atoms with Gasteiger partial charge >= 0.3 is 0 Å². The SMILES string of the molecule is Cc1cc(C)nc(SCC(=O)N/N=C\C=C\c2ccco2)n1. The average Bonchev–Trinajstić information content (AvgIpc) is 2.97. The number of furan rings is 1. The number of carbonyl (C=O) groups excluding carboxylic acids is 1. The summed E-state index contributed by atoms with van der Waals surface area (Å²) < 4.78 is 5.11. The standard InChI is InChI=1S/C15H16N4O2S/c1-11-9-12(2)18-15(17-11)22-10-14(20)19-16-7-3-5-13-6-4-8-21-13/h3-9H,10H2,1-2H3,(H,19,20)/b5-3+,16-7-. The van der Waals surface area contributed by atoms with Crippen LogP contribution in [-0.2, 0) is 4.79 Å². The highest BCUT2D eigenvalue weighted by atomic mass is 32.2. The van der Waals surface area contributed by atoms with Crippen LogP contribution in [0.5, 0.6) is 0 Å². The van der Waals surface area contributed by atoms with Gasteiger partial charge in [-0.3, -0.25) is 4.79 Å². The lowest BCUT2D eigenvalue weighted by Crippen LogP contribution is -2.19. The number of thioether (sulfide) groups is 1. The van der Waals surface area contributed by atoms with Crippen molar-refractivity contribution >= 4 is 30.0 Å². The molecular weight excluding hydrogens is 300 g/mol. The first kappa shape index (κ1) is 16.0. The Balaban J connectivity index is 1.73. The summed E-state index contributed by atoms with van der Waals surface area (Å²) >= 11 is 1.28. The van der Waals surface area contributed by atoms with E-state index in [1.807, 2.05) is 26.0 Å². The van der Waals surface area contributed by atoms with E-state index in [0.717, 1.165) is 17.1 Å². The first-order valence-electron chi connectivity index (χ1n) is 6.60. The predicted octanol–water partition coefficient (Wildman–Crippen LogP) is 2.59. The van der Waals surface area contributed by atoms with Gasteiger partial charge in [0.25, 0.3) is 5.91 Å². The first-order chi connectivity index (χ1) is 10.6. The Kier molecular flexibility index (Phi) is 5.91. The summed E-state index contributed by atoms with van der Waals surface area (Å²) in [6, 6.07) is 5.51. The molecule has 0 fully saturated rings. The number of aryl methyl sites for hydroxylation is 2. The minimum absolute atomic E-state index is 0.210. The minimum Gasteiger partial charge on any atom is -0.465 e. The van der Waals surface area contributed by atoms with Gasteiger partial charge in [-0.1, -0.05) is 11.8 Å². The van der Waals surface area contributed by atoms with Gasteiger partial charge in [-0.05, 0) is 44.2 Å². The van der Waals surface area contributed by atoms with E-state index in [4.69, 9.17) is 4.42 Å². The monoisotopic (exact) mass is 316 g/mol. The van der Waals surface area contributed by atoms with Crippen LogP contribution in [0, 0.1) is 13.8 Å². The lowest BCUT2D eigenvalue weighted by atomic mass is 10.4. The Labute approximate surface area is 132 Å². The number of aromatic nitrogens is 2. The molecule has 0 spiro atoms. The molecule has 2 heterocycles. The van der Waals surface area contributed by atoms with E-state index in [9.17, 15) is 4.79 Å². The Hall–Kier alpha value is -2.41. The normalized spacial score (nSPS) is 11.4. The van der Waals surface area contributed by atoms with Crippen LogP contribution >= 0.6 is 11.8 Å². The third kappa shape index (κ3) is 5.53. The summed E-state index contributed by atoms with van der Waals surface area (Å²) in [4.78, 5) is 20.1. The number of nitrogens with one attached hydrogen (secondary N) is 1. The highest BCUT2D eigenvalue weighted by Crippen LogP contribution is 2.13. The van der Waals surface area contributed by atoms with Gasteiger partial charge < -0.3 is 4.42 Å². The third-order valence-corrected chi connectivity index (χ3v) is 3.29. The molecular formula is C15H16N4O2S. The van der Waals surface area contributed by atoms with Crippen LogP contribution in [-0.4, -0.2) is 27.8 Å². The molecule has 0 radical (unpaired) electrons. The second kappa shape index (κ2) is 8.14. The quantitative estimate of drug-likeness (QED) is 0.383. The van der Waals surface area contributed by atoms with Gasteiger partial charge in [-0.15, -0.1) is 0 Å². The lowest BCUT2D eigenvalue weighted by molar-refractivity contribution is -0.118. The molecule has 0 bridgehead atoms. The maximum absolute atomic E-state index is 11.6. The van der Waals surface area contributed by atoms with E-state index in [1.54, 1.807) is 24.5 Å². The van der Waals surface area contributed by atoms with Crippen molar-refractivity contribution in [2.75, 3.05) is 5.75 Å². The molecule has 0 aliphatic carbocycles. The topological polar surface area (TPSA) is 80.4 Å². The molecule has 2 aromatic rings. The first-order valence-corrected chi connectivity index (χ1v) is 7.59. The maximum Gasteiger partial charge on any atom is 0.250 e. The average molecular weight is 316 g/mol. The van der Waals surface area contributed by atoms with Crippen molar-refractivity contribution in [2.24, 2.45) is 5.10 Å². The van der Waals surface area contributed by atoms with E-state index in [0.29, 0.717) is 5.16 Å². The maximum atomic E-state index is 11.6. The highest BCUT2D eigenvalue weighted by molar-refractivity contribution is 7.99. The van der Waals surface area contributed by atoms with Crippen molar-refractivity contribution in [1.82, 2.24) is 15.4 Å².